The lowest BCUT2D eigenvalue weighted by Crippen LogP contribution is -2.03. The summed E-state index contributed by atoms with van der Waals surface area (Å²) in [6.07, 6.45) is 5.42. The van der Waals surface area contributed by atoms with E-state index in [0.717, 1.165) is 24.2 Å². The molecule has 0 radical (unpaired) electrons. The van der Waals surface area contributed by atoms with Crippen LogP contribution in [0.15, 0.2) is 24.5 Å². The van der Waals surface area contributed by atoms with E-state index in [-0.39, 0.29) is 5.41 Å². The summed E-state index contributed by atoms with van der Waals surface area (Å²) in [7, 11) is 0. The number of nitrogens with zero attached hydrogens (tertiary/aromatic N) is 4. The minimum atomic E-state index is -0.312. The average Bonchev–Trinajstić information content (AvgIpc) is 2.91. The normalized spacial score (nSPS) is 17.9. The number of hydrogen-bond donors (Lipinski definition) is 0. The zero-order chi connectivity index (χ0) is 9.60. The first kappa shape index (κ1) is 7.51. The van der Waals surface area contributed by atoms with Crippen LogP contribution < -0.4 is 0 Å². The number of fused-ring (bicyclic) bond motifs is 1. The van der Waals surface area contributed by atoms with Crippen molar-refractivity contribution in [1.82, 2.24) is 14.6 Å². The van der Waals surface area contributed by atoms with E-state index in [2.05, 4.69) is 16.2 Å². The van der Waals surface area contributed by atoms with Crippen LogP contribution in [-0.2, 0) is 5.41 Å². The monoisotopic (exact) mass is 184 g/mol. The molecule has 0 unspecified atom stereocenters. The fourth-order valence-electron chi connectivity index (χ4n) is 1.61. The highest BCUT2D eigenvalue weighted by molar-refractivity contribution is 5.45. The molecule has 3 rings (SSSR count). The van der Waals surface area contributed by atoms with Crippen molar-refractivity contribution in [2.24, 2.45) is 0 Å². The van der Waals surface area contributed by atoms with Crippen LogP contribution in [0.25, 0.3) is 5.65 Å². The quantitative estimate of drug-likeness (QED) is 0.670. The first-order valence-electron chi connectivity index (χ1n) is 4.56. The summed E-state index contributed by atoms with van der Waals surface area (Å²) in [4.78, 5) is 4.17. The SMILES string of the molecule is N#CC1(c2cc3ncccn3n2)CC1. The standard InChI is InChI=1S/C10H8N4/c11-7-10(2-3-10)8-6-9-12-4-1-5-14(9)13-8/h1,4-6H,2-3H2. The summed E-state index contributed by atoms with van der Waals surface area (Å²) >= 11 is 0. The Kier molecular flexibility index (Phi) is 1.25. The van der Waals surface area contributed by atoms with Crippen molar-refractivity contribution in [3.63, 3.8) is 0 Å². The Balaban J connectivity index is 2.21. The maximum absolute atomic E-state index is 9.02. The first-order chi connectivity index (χ1) is 6.84. The van der Waals surface area contributed by atoms with Crippen LogP contribution in [-0.4, -0.2) is 14.6 Å². The van der Waals surface area contributed by atoms with E-state index in [1.54, 1.807) is 10.7 Å². The van der Waals surface area contributed by atoms with Crippen LogP contribution >= 0.6 is 0 Å². The smallest absolute Gasteiger partial charge is 0.155 e. The van der Waals surface area contributed by atoms with Gasteiger partial charge in [0.15, 0.2) is 5.65 Å². The third-order valence-electron chi connectivity index (χ3n) is 2.69. The van der Waals surface area contributed by atoms with Gasteiger partial charge in [-0.25, -0.2) is 9.50 Å². The molecule has 0 atom stereocenters. The number of hydrogen-bond acceptors (Lipinski definition) is 3. The van der Waals surface area contributed by atoms with Gasteiger partial charge in [0.1, 0.15) is 5.41 Å². The van der Waals surface area contributed by atoms with Gasteiger partial charge in [0.25, 0.3) is 0 Å². The Labute approximate surface area is 80.8 Å². The Morgan fingerprint density at radius 1 is 1.50 bits per heavy atom. The lowest BCUT2D eigenvalue weighted by atomic mass is 10.1. The lowest BCUT2D eigenvalue weighted by Gasteiger charge is -1.96. The second-order valence-corrected chi connectivity index (χ2v) is 3.65. The van der Waals surface area contributed by atoms with Gasteiger partial charge in [-0.3, -0.25) is 0 Å². The van der Waals surface area contributed by atoms with Crippen molar-refractivity contribution >= 4 is 5.65 Å². The van der Waals surface area contributed by atoms with E-state index in [4.69, 9.17) is 5.26 Å². The van der Waals surface area contributed by atoms with Crippen LogP contribution in [0.1, 0.15) is 18.5 Å². The third kappa shape index (κ3) is 0.867. The second kappa shape index (κ2) is 2.32. The Morgan fingerprint density at radius 3 is 3.00 bits per heavy atom. The van der Waals surface area contributed by atoms with Crippen LogP contribution in [0.2, 0.25) is 0 Å². The molecule has 4 nitrogen and oxygen atoms in total. The minimum absolute atomic E-state index is 0.312. The fourth-order valence-corrected chi connectivity index (χ4v) is 1.61. The molecule has 0 saturated heterocycles. The minimum Gasteiger partial charge on any atom is -0.237 e. The second-order valence-electron chi connectivity index (χ2n) is 3.65. The summed E-state index contributed by atoms with van der Waals surface area (Å²) in [6.45, 7) is 0. The summed E-state index contributed by atoms with van der Waals surface area (Å²) in [5, 5.41) is 13.4. The van der Waals surface area contributed by atoms with E-state index < -0.39 is 0 Å². The molecule has 1 aliphatic rings. The molecule has 68 valence electrons. The summed E-state index contributed by atoms with van der Waals surface area (Å²) < 4.78 is 1.72. The molecule has 0 aromatic carbocycles. The zero-order valence-electron chi connectivity index (χ0n) is 7.51. The zero-order valence-corrected chi connectivity index (χ0v) is 7.51. The highest BCUT2D eigenvalue weighted by Gasteiger charge is 2.47. The highest BCUT2D eigenvalue weighted by Crippen LogP contribution is 2.46. The maximum Gasteiger partial charge on any atom is 0.155 e. The molecule has 2 aromatic rings. The Bertz CT molecular complexity index is 497. The molecule has 1 aliphatic carbocycles. The summed E-state index contributed by atoms with van der Waals surface area (Å²) in [6, 6.07) is 6.05. The number of aromatic nitrogens is 3. The molecular formula is C10H8N4. The largest absolute Gasteiger partial charge is 0.237 e. The van der Waals surface area contributed by atoms with E-state index in [0.29, 0.717) is 0 Å². The molecule has 4 heteroatoms. The summed E-state index contributed by atoms with van der Waals surface area (Å²) in [5.41, 5.74) is 1.36. The topological polar surface area (TPSA) is 54.0 Å². The van der Waals surface area contributed by atoms with E-state index in [9.17, 15) is 0 Å². The van der Waals surface area contributed by atoms with Gasteiger partial charge in [-0.1, -0.05) is 0 Å². The van der Waals surface area contributed by atoms with Gasteiger partial charge in [0.05, 0.1) is 11.8 Å². The molecule has 1 saturated carbocycles. The molecule has 0 N–H and O–H groups in total. The van der Waals surface area contributed by atoms with E-state index >= 15 is 0 Å². The van der Waals surface area contributed by atoms with Gasteiger partial charge < -0.3 is 0 Å². The predicted molar refractivity (Wildman–Crippen MR) is 49.5 cm³/mol. The van der Waals surface area contributed by atoms with Crippen molar-refractivity contribution in [3.8, 4) is 6.07 Å². The van der Waals surface area contributed by atoms with Gasteiger partial charge in [-0.2, -0.15) is 10.4 Å². The molecular weight excluding hydrogens is 176 g/mol. The van der Waals surface area contributed by atoms with Crippen molar-refractivity contribution < 1.29 is 0 Å². The molecule has 0 spiro atoms. The number of rotatable bonds is 1. The molecule has 0 bridgehead atoms. The van der Waals surface area contributed by atoms with Crippen molar-refractivity contribution in [2.45, 2.75) is 18.3 Å². The van der Waals surface area contributed by atoms with E-state index in [1.807, 2.05) is 18.3 Å². The van der Waals surface area contributed by atoms with Crippen molar-refractivity contribution in [1.29, 1.82) is 5.26 Å². The fraction of sp³-hybridized carbons (Fsp3) is 0.300. The molecule has 1 fully saturated rings. The molecule has 14 heavy (non-hydrogen) atoms. The van der Waals surface area contributed by atoms with Gasteiger partial charge >= 0.3 is 0 Å². The first-order valence-corrected chi connectivity index (χ1v) is 4.56. The van der Waals surface area contributed by atoms with Crippen LogP contribution in [0, 0.1) is 11.3 Å². The van der Waals surface area contributed by atoms with Crippen LogP contribution in [0.4, 0.5) is 0 Å². The van der Waals surface area contributed by atoms with Crippen LogP contribution in [0.5, 0.6) is 0 Å². The molecule has 2 heterocycles. The van der Waals surface area contributed by atoms with Crippen molar-refractivity contribution in [2.75, 3.05) is 0 Å². The van der Waals surface area contributed by atoms with Gasteiger partial charge in [-0.05, 0) is 18.9 Å². The van der Waals surface area contributed by atoms with E-state index in [1.165, 1.54) is 0 Å². The number of nitriles is 1. The van der Waals surface area contributed by atoms with Gasteiger partial charge in [0, 0.05) is 18.5 Å². The summed E-state index contributed by atoms with van der Waals surface area (Å²) in [5.74, 6) is 0. The van der Waals surface area contributed by atoms with Crippen LogP contribution in [0.3, 0.4) is 0 Å². The maximum atomic E-state index is 9.02. The third-order valence-corrected chi connectivity index (χ3v) is 2.69. The van der Waals surface area contributed by atoms with Gasteiger partial charge in [-0.15, -0.1) is 0 Å². The van der Waals surface area contributed by atoms with Gasteiger partial charge in [0.2, 0.25) is 0 Å². The molecule has 0 aliphatic heterocycles. The Hall–Kier alpha value is -1.89. The molecule has 0 amide bonds. The van der Waals surface area contributed by atoms with Crippen molar-refractivity contribution in [3.05, 3.63) is 30.2 Å². The lowest BCUT2D eigenvalue weighted by molar-refractivity contribution is 0.805. The Morgan fingerprint density at radius 2 is 2.36 bits per heavy atom. The highest BCUT2D eigenvalue weighted by atomic mass is 15.2. The molecule has 2 aromatic heterocycles. The predicted octanol–water partition coefficient (Wildman–Crippen LogP) is 1.28. The average molecular weight is 184 g/mol.